The van der Waals surface area contributed by atoms with Crippen molar-refractivity contribution in [3.8, 4) is 11.5 Å². The second-order valence-corrected chi connectivity index (χ2v) is 7.27. The third-order valence-corrected chi connectivity index (χ3v) is 5.69. The largest absolute Gasteiger partial charge is 0.506 e. The highest BCUT2D eigenvalue weighted by Gasteiger charge is 2.16. The van der Waals surface area contributed by atoms with Crippen molar-refractivity contribution in [1.29, 1.82) is 0 Å². The summed E-state index contributed by atoms with van der Waals surface area (Å²) in [5.74, 6) is 0.132. The maximum atomic E-state index is 12.3. The first-order valence-electron chi connectivity index (χ1n) is 7.08. The summed E-state index contributed by atoms with van der Waals surface area (Å²) in [5, 5.41) is 15.1. The van der Waals surface area contributed by atoms with Crippen LogP contribution < -0.4 is 10.2 Å². The van der Waals surface area contributed by atoms with Crippen molar-refractivity contribution >= 4 is 61.1 Å². The summed E-state index contributed by atoms with van der Waals surface area (Å²) < 4.78 is 6.52. The molecule has 128 valence electrons. The van der Waals surface area contributed by atoms with Crippen molar-refractivity contribution in [2.75, 3.05) is 7.11 Å². The van der Waals surface area contributed by atoms with Crippen LogP contribution in [-0.4, -0.2) is 24.3 Å². The molecule has 0 unspecified atom stereocenters. The van der Waals surface area contributed by atoms with Crippen LogP contribution in [0.15, 0.2) is 46.0 Å². The fraction of sp³-hybridized carbons (Fsp3) is 0.0588. The van der Waals surface area contributed by atoms with Gasteiger partial charge < -0.3 is 9.84 Å². The average Bonchev–Trinajstić information content (AvgIpc) is 2.95. The molecular weight excluding hydrogens is 428 g/mol. The summed E-state index contributed by atoms with van der Waals surface area (Å²) in [5.41, 5.74) is 2.82. The Balaban J connectivity index is 1.81. The Bertz CT molecular complexity index is 987. The third kappa shape index (κ3) is 3.63. The molecule has 3 aromatic rings. The minimum Gasteiger partial charge on any atom is -0.506 e. The molecule has 0 saturated heterocycles. The maximum absolute atomic E-state index is 12.3. The van der Waals surface area contributed by atoms with Gasteiger partial charge in [-0.1, -0.05) is 29.8 Å². The first kappa shape index (κ1) is 17.7. The number of nitrogens with zero attached hydrogens (tertiary/aromatic N) is 1. The number of hydrogen-bond donors (Lipinski definition) is 2. The molecule has 2 aromatic carbocycles. The van der Waals surface area contributed by atoms with E-state index in [1.165, 1.54) is 24.7 Å². The summed E-state index contributed by atoms with van der Waals surface area (Å²) in [4.78, 5) is 12.7. The van der Waals surface area contributed by atoms with Gasteiger partial charge in [0.2, 0.25) is 0 Å². The Labute approximate surface area is 161 Å². The van der Waals surface area contributed by atoms with Crippen LogP contribution in [0.2, 0.25) is 5.02 Å². The minimum atomic E-state index is -0.413. The zero-order valence-electron chi connectivity index (χ0n) is 12.9. The van der Waals surface area contributed by atoms with Gasteiger partial charge in [0.25, 0.3) is 5.91 Å². The lowest BCUT2D eigenvalue weighted by Crippen LogP contribution is -2.16. The monoisotopic (exact) mass is 438 g/mol. The van der Waals surface area contributed by atoms with Gasteiger partial charge in [0.15, 0.2) is 0 Å². The molecule has 5 nitrogen and oxygen atoms in total. The first-order valence-corrected chi connectivity index (χ1v) is 9.07. The average molecular weight is 440 g/mol. The fourth-order valence-corrected chi connectivity index (χ4v) is 4.04. The van der Waals surface area contributed by atoms with Gasteiger partial charge in [0.1, 0.15) is 16.4 Å². The normalized spacial score (nSPS) is 11.2. The highest BCUT2D eigenvalue weighted by molar-refractivity contribution is 9.10. The molecule has 0 atom stereocenters. The fourth-order valence-electron chi connectivity index (χ4n) is 2.18. The number of methoxy groups -OCH3 is 1. The van der Waals surface area contributed by atoms with Gasteiger partial charge in [-0.3, -0.25) is 4.79 Å². The van der Waals surface area contributed by atoms with Crippen molar-refractivity contribution in [3.63, 3.8) is 0 Å². The summed E-state index contributed by atoms with van der Waals surface area (Å²) >= 11 is 10.8. The van der Waals surface area contributed by atoms with E-state index in [-0.39, 0.29) is 5.75 Å². The number of ether oxygens (including phenoxy) is 1. The van der Waals surface area contributed by atoms with Crippen LogP contribution in [0.3, 0.4) is 0 Å². The molecule has 0 aliphatic heterocycles. The van der Waals surface area contributed by atoms with E-state index in [4.69, 9.17) is 16.3 Å². The van der Waals surface area contributed by atoms with Gasteiger partial charge in [-0.25, -0.2) is 5.43 Å². The number of carbonyl (C=O) groups excluding carboxylic acids is 1. The molecule has 3 rings (SSSR count). The molecule has 0 saturated carbocycles. The zero-order valence-corrected chi connectivity index (χ0v) is 16.1. The van der Waals surface area contributed by atoms with Crippen molar-refractivity contribution in [1.82, 2.24) is 5.43 Å². The molecule has 0 fully saturated rings. The van der Waals surface area contributed by atoms with E-state index in [1.54, 1.807) is 12.1 Å². The number of fused-ring (bicyclic) bond motifs is 1. The number of thiophene rings is 1. The number of hydrazone groups is 1. The highest BCUT2D eigenvalue weighted by atomic mass is 79.9. The summed E-state index contributed by atoms with van der Waals surface area (Å²) in [6.07, 6.45) is 1.34. The number of hydrogen-bond acceptors (Lipinski definition) is 5. The molecule has 0 spiro atoms. The predicted octanol–water partition coefficient (Wildman–Crippen LogP) is 4.80. The molecule has 0 bridgehead atoms. The van der Waals surface area contributed by atoms with E-state index < -0.39 is 5.91 Å². The topological polar surface area (TPSA) is 70.9 Å². The first-order chi connectivity index (χ1) is 12.0. The van der Waals surface area contributed by atoms with Crippen LogP contribution >= 0.6 is 38.9 Å². The van der Waals surface area contributed by atoms with Gasteiger partial charge in [-0.05, 0) is 34.1 Å². The van der Waals surface area contributed by atoms with Crippen molar-refractivity contribution < 1.29 is 14.6 Å². The number of phenols is 1. The molecule has 1 amide bonds. The van der Waals surface area contributed by atoms with Gasteiger partial charge in [-0.15, -0.1) is 11.3 Å². The lowest BCUT2D eigenvalue weighted by atomic mass is 10.2. The summed E-state index contributed by atoms with van der Waals surface area (Å²) in [6.45, 7) is 0. The van der Waals surface area contributed by atoms with Gasteiger partial charge in [0.05, 0.1) is 22.8 Å². The Morgan fingerprint density at radius 1 is 1.40 bits per heavy atom. The molecule has 2 N–H and O–H groups in total. The quantitative estimate of drug-likeness (QED) is 0.453. The van der Waals surface area contributed by atoms with Crippen LogP contribution in [0, 0.1) is 0 Å². The van der Waals surface area contributed by atoms with Crippen molar-refractivity contribution in [2.24, 2.45) is 5.10 Å². The molecule has 1 aromatic heterocycles. The number of rotatable bonds is 4. The SMILES string of the molecule is COc1cc(Br)c(O)c(C=NNC(=O)c2sc3ccccc3c2Cl)c1. The summed E-state index contributed by atoms with van der Waals surface area (Å²) in [7, 11) is 1.52. The standard InChI is InChI=1S/C17H12BrClN2O3S/c1-24-10-6-9(15(22)12(18)7-10)8-20-21-17(23)16-14(19)11-4-2-3-5-13(11)25-16/h2-8,22H,1H3,(H,21,23). The van der Waals surface area contributed by atoms with Crippen molar-refractivity contribution in [3.05, 3.63) is 56.3 Å². The Morgan fingerprint density at radius 2 is 2.16 bits per heavy atom. The van der Waals surface area contributed by atoms with Gasteiger partial charge in [-0.2, -0.15) is 5.10 Å². The molecule has 8 heteroatoms. The molecule has 0 aliphatic rings. The lowest BCUT2D eigenvalue weighted by molar-refractivity contribution is 0.0959. The van der Waals surface area contributed by atoms with Gasteiger partial charge >= 0.3 is 0 Å². The third-order valence-electron chi connectivity index (χ3n) is 3.41. The molecular formula is C17H12BrClN2O3S. The van der Waals surface area contributed by atoms with Crippen LogP contribution in [0.5, 0.6) is 11.5 Å². The lowest BCUT2D eigenvalue weighted by Gasteiger charge is -2.05. The number of carbonyl (C=O) groups is 1. The van der Waals surface area contributed by atoms with Crippen LogP contribution in [0.1, 0.15) is 15.2 Å². The van der Waals surface area contributed by atoms with Gasteiger partial charge in [0, 0.05) is 15.6 Å². The van der Waals surface area contributed by atoms with Crippen LogP contribution in [0.4, 0.5) is 0 Å². The van der Waals surface area contributed by atoms with E-state index in [0.29, 0.717) is 25.7 Å². The second kappa shape index (κ2) is 7.43. The second-order valence-electron chi connectivity index (χ2n) is 4.99. The Hall–Kier alpha value is -2.09. The Morgan fingerprint density at radius 3 is 2.88 bits per heavy atom. The van der Waals surface area contributed by atoms with E-state index in [1.807, 2.05) is 24.3 Å². The molecule has 1 heterocycles. The molecule has 0 aliphatic carbocycles. The smallest absolute Gasteiger partial charge is 0.283 e. The predicted molar refractivity (Wildman–Crippen MR) is 104 cm³/mol. The molecule has 0 radical (unpaired) electrons. The number of phenolic OH excluding ortho intramolecular Hbond substituents is 1. The summed E-state index contributed by atoms with van der Waals surface area (Å²) in [6, 6.07) is 10.7. The Kier molecular flexibility index (Phi) is 5.27. The number of amides is 1. The van der Waals surface area contributed by atoms with Crippen LogP contribution in [-0.2, 0) is 0 Å². The van der Waals surface area contributed by atoms with Crippen LogP contribution in [0.25, 0.3) is 10.1 Å². The number of halogens is 2. The van der Waals surface area contributed by atoms with Crippen molar-refractivity contribution in [2.45, 2.75) is 0 Å². The highest BCUT2D eigenvalue weighted by Crippen LogP contribution is 2.35. The van der Waals surface area contributed by atoms with E-state index in [9.17, 15) is 9.90 Å². The maximum Gasteiger partial charge on any atom is 0.283 e. The van der Waals surface area contributed by atoms with E-state index in [0.717, 1.165) is 10.1 Å². The minimum absolute atomic E-state index is 0.00121. The number of aromatic hydroxyl groups is 1. The van der Waals surface area contributed by atoms with E-state index in [2.05, 4.69) is 26.5 Å². The molecule has 25 heavy (non-hydrogen) atoms. The van der Waals surface area contributed by atoms with E-state index >= 15 is 0 Å². The number of benzene rings is 2. The number of nitrogens with one attached hydrogen (secondary N) is 1. The zero-order chi connectivity index (χ0) is 18.0.